The van der Waals surface area contributed by atoms with Crippen molar-refractivity contribution >= 4 is 11.6 Å². The molecular weight excluding hydrogens is 280 g/mol. The molecule has 22 heavy (non-hydrogen) atoms. The molecule has 0 aromatic carbocycles. The standard InChI is InChI=1S/C18H28O4/c1-2-3-4-5-6-7-8-9-10-11-12-14-17(21)15(19)13-16(20)18(14)22/h13,19,22H,2-12H2,1H3. The second-order valence-electron chi connectivity index (χ2n) is 5.98. The van der Waals surface area contributed by atoms with Crippen molar-refractivity contribution in [3.05, 3.63) is 23.2 Å². The Morgan fingerprint density at radius 1 is 0.818 bits per heavy atom. The summed E-state index contributed by atoms with van der Waals surface area (Å²) >= 11 is 0. The number of hydrogen-bond donors (Lipinski definition) is 2. The van der Waals surface area contributed by atoms with E-state index in [1.54, 1.807) is 0 Å². The molecule has 0 fully saturated rings. The molecule has 0 aromatic rings. The molecule has 2 N–H and O–H groups in total. The van der Waals surface area contributed by atoms with E-state index in [0.29, 0.717) is 6.42 Å². The van der Waals surface area contributed by atoms with Crippen molar-refractivity contribution in [2.75, 3.05) is 0 Å². The van der Waals surface area contributed by atoms with Gasteiger partial charge in [-0.05, 0) is 12.8 Å². The predicted octanol–water partition coefficient (Wildman–Crippen LogP) is 4.70. The van der Waals surface area contributed by atoms with Crippen LogP contribution in [-0.2, 0) is 9.59 Å². The van der Waals surface area contributed by atoms with Gasteiger partial charge < -0.3 is 10.2 Å². The minimum Gasteiger partial charge on any atom is -0.504 e. The zero-order valence-corrected chi connectivity index (χ0v) is 13.6. The van der Waals surface area contributed by atoms with Gasteiger partial charge in [0, 0.05) is 11.6 Å². The summed E-state index contributed by atoms with van der Waals surface area (Å²) in [6.07, 6.45) is 12.9. The highest BCUT2D eigenvalue weighted by Gasteiger charge is 2.27. The molecule has 4 heteroatoms. The Labute approximate surface area is 132 Å². The molecule has 0 radical (unpaired) electrons. The number of rotatable bonds is 11. The van der Waals surface area contributed by atoms with E-state index in [-0.39, 0.29) is 5.57 Å². The van der Waals surface area contributed by atoms with Crippen molar-refractivity contribution in [3.63, 3.8) is 0 Å². The molecule has 124 valence electrons. The molecule has 0 saturated heterocycles. The van der Waals surface area contributed by atoms with Gasteiger partial charge in [0.1, 0.15) is 0 Å². The molecular formula is C18H28O4. The summed E-state index contributed by atoms with van der Waals surface area (Å²) in [5, 5.41) is 19.0. The first-order chi connectivity index (χ1) is 10.6. The molecule has 4 nitrogen and oxygen atoms in total. The fraction of sp³-hybridized carbons (Fsp3) is 0.667. The number of hydrogen-bond acceptors (Lipinski definition) is 4. The van der Waals surface area contributed by atoms with E-state index in [1.807, 2.05) is 0 Å². The lowest BCUT2D eigenvalue weighted by atomic mass is 9.94. The Bertz CT molecular complexity index is 446. The third-order valence-corrected chi connectivity index (χ3v) is 4.07. The highest BCUT2D eigenvalue weighted by Crippen LogP contribution is 2.22. The molecule has 1 aliphatic rings. The van der Waals surface area contributed by atoms with Crippen LogP contribution in [0.15, 0.2) is 23.2 Å². The highest BCUT2D eigenvalue weighted by molar-refractivity contribution is 6.20. The van der Waals surface area contributed by atoms with Gasteiger partial charge in [0.25, 0.3) is 0 Å². The highest BCUT2D eigenvalue weighted by atomic mass is 16.3. The largest absolute Gasteiger partial charge is 0.504 e. The second kappa shape index (κ2) is 10.2. The SMILES string of the molecule is CCCCCCCCCCCCC1=C(O)C(=O)C=C(O)C1=O. The zero-order chi connectivity index (χ0) is 16.4. The minimum absolute atomic E-state index is 0.0598. The van der Waals surface area contributed by atoms with Gasteiger partial charge >= 0.3 is 0 Å². The van der Waals surface area contributed by atoms with Gasteiger partial charge in [0.15, 0.2) is 11.5 Å². The van der Waals surface area contributed by atoms with Crippen LogP contribution in [0.2, 0.25) is 0 Å². The molecule has 0 aromatic heterocycles. The second-order valence-corrected chi connectivity index (χ2v) is 5.98. The van der Waals surface area contributed by atoms with E-state index in [9.17, 15) is 19.8 Å². The number of allylic oxidation sites excluding steroid dienone is 2. The predicted molar refractivity (Wildman–Crippen MR) is 86.8 cm³/mol. The Morgan fingerprint density at radius 3 is 1.86 bits per heavy atom. The third kappa shape index (κ3) is 6.04. The van der Waals surface area contributed by atoms with Crippen molar-refractivity contribution < 1.29 is 19.8 Å². The van der Waals surface area contributed by atoms with Crippen LogP contribution in [0.25, 0.3) is 0 Å². The van der Waals surface area contributed by atoms with E-state index in [1.165, 1.54) is 44.9 Å². The molecule has 0 atom stereocenters. The molecule has 0 spiro atoms. The first kappa shape index (κ1) is 18.5. The number of aliphatic hydroxyl groups is 2. The summed E-state index contributed by atoms with van der Waals surface area (Å²) in [6.45, 7) is 2.22. The van der Waals surface area contributed by atoms with Crippen molar-refractivity contribution in [1.29, 1.82) is 0 Å². The molecule has 0 aliphatic heterocycles. The molecule has 0 unspecified atom stereocenters. The first-order valence-corrected chi connectivity index (χ1v) is 8.49. The normalized spacial score (nSPS) is 15.4. The van der Waals surface area contributed by atoms with Crippen LogP contribution in [0, 0.1) is 0 Å². The Hall–Kier alpha value is -1.58. The number of ketones is 2. The summed E-state index contributed by atoms with van der Waals surface area (Å²) < 4.78 is 0. The maximum absolute atomic E-state index is 11.7. The average Bonchev–Trinajstić information content (AvgIpc) is 2.50. The maximum atomic E-state index is 11.7. The van der Waals surface area contributed by atoms with Gasteiger partial charge in [-0.3, -0.25) is 9.59 Å². The van der Waals surface area contributed by atoms with Gasteiger partial charge in [0.05, 0.1) is 0 Å². The number of Topliss-reactive ketones (excluding diaryl/α,β-unsaturated/α-hetero) is 1. The maximum Gasteiger partial charge on any atom is 0.227 e. The van der Waals surface area contributed by atoms with Gasteiger partial charge in [-0.15, -0.1) is 0 Å². The lowest BCUT2D eigenvalue weighted by Gasteiger charge is -2.12. The quantitative estimate of drug-likeness (QED) is 0.428. The van der Waals surface area contributed by atoms with Crippen LogP contribution in [-0.4, -0.2) is 21.8 Å². The number of unbranched alkanes of at least 4 members (excludes halogenated alkanes) is 9. The van der Waals surface area contributed by atoms with Gasteiger partial charge in [0.2, 0.25) is 11.6 Å². The van der Waals surface area contributed by atoms with Crippen LogP contribution in [0.1, 0.15) is 77.6 Å². The van der Waals surface area contributed by atoms with E-state index in [2.05, 4.69) is 6.92 Å². The average molecular weight is 308 g/mol. The number of carbonyl (C=O) groups excluding carboxylic acids is 2. The topological polar surface area (TPSA) is 74.6 Å². The summed E-state index contributed by atoms with van der Waals surface area (Å²) in [4.78, 5) is 23.0. The monoisotopic (exact) mass is 308 g/mol. The van der Waals surface area contributed by atoms with Crippen molar-refractivity contribution in [1.82, 2.24) is 0 Å². The van der Waals surface area contributed by atoms with E-state index >= 15 is 0 Å². The zero-order valence-electron chi connectivity index (χ0n) is 13.6. The summed E-state index contributed by atoms with van der Waals surface area (Å²) in [5.74, 6) is -2.36. The molecule has 0 heterocycles. The Balaban J connectivity index is 2.13. The Morgan fingerprint density at radius 2 is 1.32 bits per heavy atom. The molecule has 0 bridgehead atoms. The van der Waals surface area contributed by atoms with Crippen LogP contribution in [0.5, 0.6) is 0 Å². The van der Waals surface area contributed by atoms with Crippen LogP contribution >= 0.6 is 0 Å². The lowest BCUT2D eigenvalue weighted by molar-refractivity contribution is -0.119. The van der Waals surface area contributed by atoms with Gasteiger partial charge in [-0.2, -0.15) is 0 Å². The first-order valence-electron chi connectivity index (χ1n) is 8.49. The molecule has 1 aliphatic carbocycles. The van der Waals surface area contributed by atoms with E-state index in [0.717, 1.165) is 25.3 Å². The smallest absolute Gasteiger partial charge is 0.227 e. The Kier molecular flexibility index (Phi) is 8.56. The summed E-state index contributed by atoms with van der Waals surface area (Å²) in [7, 11) is 0. The molecule has 1 rings (SSSR count). The van der Waals surface area contributed by atoms with Crippen molar-refractivity contribution in [2.45, 2.75) is 77.6 Å². The van der Waals surface area contributed by atoms with Crippen LogP contribution in [0.4, 0.5) is 0 Å². The molecule has 0 saturated carbocycles. The van der Waals surface area contributed by atoms with Crippen molar-refractivity contribution in [2.24, 2.45) is 0 Å². The van der Waals surface area contributed by atoms with Gasteiger partial charge in [-0.1, -0.05) is 64.7 Å². The molecule has 0 amide bonds. The van der Waals surface area contributed by atoms with Crippen LogP contribution in [0.3, 0.4) is 0 Å². The third-order valence-electron chi connectivity index (χ3n) is 4.07. The minimum atomic E-state index is -0.681. The summed E-state index contributed by atoms with van der Waals surface area (Å²) in [5.41, 5.74) is 0.0598. The number of aliphatic hydroxyl groups excluding tert-OH is 2. The van der Waals surface area contributed by atoms with Crippen LogP contribution < -0.4 is 0 Å². The fourth-order valence-corrected chi connectivity index (χ4v) is 2.69. The fourth-order valence-electron chi connectivity index (χ4n) is 2.69. The number of carbonyl (C=O) groups is 2. The van der Waals surface area contributed by atoms with E-state index in [4.69, 9.17) is 0 Å². The summed E-state index contributed by atoms with van der Waals surface area (Å²) in [6, 6.07) is 0. The van der Waals surface area contributed by atoms with E-state index < -0.39 is 23.1 Å². The van der Waals surface area contributed by atoms with Gasteiger partial charge in [-0.25, -0.2) is 0 Å². The van der Waals surface area contributed by atoms with Crippen molar-refractivity contribution in [3.8, 4) is 0 Å². The lowest BCUT2D eigenvalue weighted by Crippen LogP contribution is -2.19.